The van der Waals surface area contributed by atoms with E-state index in [4.69, 9.17) is 28.6 Å². The van der Waals surface area contributed by atoms with Crippen molar-refractivity contribution in [2.24, 2.45) is 0 Å². The molecule has 0 atom stereocenters. The minimum absolute atomic E-state index is 0.122. The van der Waals surface area contributed by atoms with E-state index in [0.29, 0.717) is 23.5 Å². The van der Waals surface area contributed by atoms with E-state index in [-0.39, 0.29) is 16.8 Å². The zero-order chi connectivity index (χ0) is 17.2. The molecule has 0 saturated heterocycles. The quantitative estimate of drug-likeness (QED) is 0.840. The number of aromatic nitrogens is 3. The van der Waals surface area contributed by atoms with Crippen LogP contribution in [0, 0.1) is 6.92 Å². The number of halogens is 4. The SMILES string of the molecule is CCNC(=S)n1nc(Oc2ncc(C(F)(F)F)cc2Cl)cc1C. The zero-order valence-electron chi connectivity index (χ0n) is 12.1. The minimum atomic E-state index is -4.52. The lowest BCUT2D eigenvalue weighted by Gasteiger charge is -2.09. The summed E-state index contributed by atoms with van der Waals surface area (Å²) in [6.07, 6.45) is -3.88. The monoisotopic (exact) mass is 364 g/mol. The molecule has 0 aliphatic carbocycles. The maximum Gasteiger partial charge on any atom is 0.417 e. The fourth-order valence-corrected chi connectivity index (χ4v) is 2.22. The topological polar surface area (TPSA) is 52.0 Å². The number of nitrogens with one attached hydrogen (secondary N) is 1. The van der Waals surface area contributed by atoms with Gasteiger partial charge < -0.3 is 10.1 Å². The van der Waals surface area contributed by atoms with Crippen molar-refractivity contribution in [1.29, 1.82) is 0 Å². The van der Waals surface area contributed by atoms with Gasteiger partial charge in [-0.15, -0.1) is 5.10 Å². The summed E-state index contributed by atoms with van der Waals surface area (Å²) in [5.41, 5.74) is -0.265. The van der Waals surface area contributed by atoms with Gasteiger partial charge >= 0.3 is 6.18 Å². The van der Waals surface area contributed by atoms with Crippen LogP contribution in [0.2, 0.25) is 5.02 Å². The lowest BCUT2D eigenvalue weighted by molar-refractivity contribution is -0.137. The summed E-state index contributed by atoms with van der Waals surface area (Å²) in [6, 6.07) is 2.32. The van der Waals surface area contributed by atoms with Crippen molar-refractivity contribution in [2.75, 3.05) is 6.54 Å². The largest absolute Gasteiger partial charge is 0.417 e. The Labute approximate surface area is 140 Å². The van der Waals surface area contributed by atoms with Crippen molar-refractivity contribution in [3.63, 3.8) is 0 Å². The second kappa shape index (κ2) is 6.71. The summed E-state index contributed by atoms with van der Waals surface area (Å²) in [7, 11) is 0. The van der Waals surface area contributed by atoms with Gasteiger partial charge in [0, 0.05) is 24.5 Å². The number of ether oxygens (including phenoxy) is 1. The Morgan fingerprint density at radius 3 is 2.70 bits per heavy atom. The fourth-order valence-electron chi connectivity index (χ4n) is 1.68. The van der Waals surface area contributed by atoms with E-state index in [1.165, 1.54) is 4.68 Å². The van der Waals surface area contributed by atoms with Gasteiger partial charge in [-0.2, -0.15) is 13.2 Å². The first-order chi connectivity index (χ1) is 10.7. The summed E-state index contributed by atoms with van der Waals surface area (Å²) in [5, 5.41) is 7.15. The van der Waals surface area contributed by atoms with E-state index >= 15 is 0 Å². The van der Waals surface area contributed by atoms with E-state index in [1.54, 1.807) is 13.0 Å². The molecule has 2 heterocycles. The molecule has 0 saturated carbocycles. The summed E-state index contributed by atoms with van der Waals surface area (Å²) >= 11 is 10.9. The number of thiocarbonyl (C=S) groups is 1. The molecular formula is C13H12ClF3N4OS. The van der Waals surface area contributed by atoms with Crippen LogP contribution in [0.25, 0.3) is 0 Å². The number of rotatable bonds is 3. The zero-order valence-corrected chi connectivity index (χ0v) is 13.7. The Hall–Kier alpha value is -1.87. The van der Waals surface area contributed by atoms with Gasteiger partial charge in [0.1, 0.15) is 5.02 Å². The van der Waals surface area contributed by atoms with Crippen LogP contribution in [0.3, 0.4) is 0 Å². The molecule has 0 aliphatic heterocycles. The van der Waals surface area contributed by atoms with E-state index in [9.17, 15) is 13.2 Å². The van der Waals surface area contributed by atoms with Crippen molar-refractivity contribution in [3.8, 4) is 11.8 Å². The Balaban J connectivity index is 2.23. The third kappa shape index (κ3) is 4.11. The number of alkyl halides is 3. The van der Waals surface area contributed by atoms with Crippen LogP contribution in [0.1, 0.15) is 18.2 Å². The van der Waals surface area contributed by atoms with E-state index in [2.05, 4.69) is 15.4 Å². The van der Waals surface area contributed by atoms with Crippen molar-refractivity contribution < 1.29 is 17.9 Å². The van der Waals surface area contributed by atoms with Gasteiger partial charge in [-0.05, 0) is 32.1 Å². The highest BCUT2D eigenvalue weighted by Gasteiger charge is 2.31. The van der Waals surface area contributed by atoms with Gasteiger partial charge in [0.25, 0.3) is 0 Å². The molecule has 0 spiro atoms. The molecule has 0 amide bonds. The molecule has 0 fully saturated rings. The average Bonchev–Trinajstić information content (AvgIpc) is 2.81. The highest BCUT2D eigenvalue weighted by molar-refractivity contribution is 7.80. The van der Waals surface area contributed by atoms with Crippen LogP contribution in [0.4, 0.5) is 13.2 Å². The molecule has 0 bridgehead atoms. The molecule has 2 aromatic heterocycles. The van der Waals surface area contributed by atoms with Gasteiger partial charge in [0.05, 0.1) is 5.56 Å². The van der Waals surface area contributed by atoms with E-state index in [0.717, 1.165) is 6.07 Å². The summed E-state index contributed by atoms with van der Waals surface area (Å²) in [6.45, 7) is 4.26. The number of hydrogen-bond donors (Lipinski definition) is 1. The van der Waals surface area contributed by atoms with Crippen LogP contribution in [0.5, 0.6) is 11.8 Å². The normalized spacial score (nSPS) is 11.4. The highest BCUT2D eigenvalue weighted by Crippen LogP contribution is 2.34. The Bertz CT molecular complexity index is 732. The van der Waals surface area contributed by atoms with Crippen molar-refractivity contribution >= 4 is 28.9 Å². The Morgan fingerprint density at radius 2 is 2.13 bits per heavy atom. The third-order valence-corrected chi connectivity index (χ3v) is 3.31. The predicted octanol–water partition coefficient (Wildman–Crippen LogP) is 3.79. The predicted molar refractivity (Wildman–Crippen MR) is 83.0 cm³/mol. The molecule has 124 valence electrons. The van der Waals surface area contributed by atoms with Crippen LogP contribution in [-0.2, 0) is 6.18 Å². The highest BCUT2D eigenvalue weighted by atomic mass is 35.5. The number of nitrogens with zero attached hydrogens (tertiary/aromatic N) is 3. The molecule has 5 nitrogen and oxygen atoms in total. The number of hydrogen-bond acceptors (Lipinski definition) is 4. The van der Waals surface area contributed by atoms with Gasteiger partial charge in [0.2, 0.25) is 11.8 Å². The molecule has 2 aromatic rings. The molecule has 0 radical (unpaired) electrons. The Morgan fingerprint density at radius 1 is 1.43 bits per heavy atom. The Kier molecular flexibility index (Phi) is 5.10. The first-order valence-corrected chi connectivity index (χ1v) is 7.26. The maximum absolute atomic E-state index is 12.6. The standard InChI is InChI=1S/C13H12ClF3N4OS/c1-3-18-12(23)21-7(2)4-10(20-21)22-11-9(14)5-8(6-19-11)13(15,16)17/h4-6H,3H2,1-2H3,(H,18,23). The van der Waals surface area contributed by atoms with Gasteiger partial charge in [-0.3, -0.25) is 0 Å². The number of pyridine rings is 1. The summed E-state index contributed by atoms with van der Waals surface area (Å²) in [5.74, 6) is -0.0457. The maximum atomic E-state index is 12.6. The first kappa shape index (κ1) is 17.5. The summed E-state index contributed by atoms with van der Waals surface area (Å²) < 4.78 is 44.5. The molecule has 0 aliphatic rings. The molecule has 2 rings (SSSR count). The second-order valence-corrected chi connectivity index (χ2v) is 5.28. The average molecular weight is 365 g/mol. The van der Waals surface area contributed by atoms with Crippen molar-refractivity contribution in [3.05, 3.63) is 34.6 Å². The molecule has 1 N–H and O–H groups in total. The smallest absolute Gasteiger partial charge is 0.417 e. The van der Waals surface area contributed by atoms with Crippen molar-refractivity contribution in [1.82, 2.24) is 20.1 Å². The summed E-state index contributed by atoms with van der Waals surface area (Å²) in [4.78, 5) is 3.59. The minimum Gasteiger partial charge on any atom is -0.417 e. The van der Waals surface area contributed by atoms with E-state index in [1.807, 2.05) is 6.92 Å². The first-order valence-electron chi connectivity index (χ1n) is 6.47. The van der Waals surface area contributed by atoms with E-state index < -0.39 is 11.7 Å². The van der Waals surface area contributed by atoms with Crippen LogP contribution < -0.4 is 10.1 Å². The molecular weight excluding hydrogens is 353 g/mol. The van der Waals surface area contributed by atoms with Crippen LogP contribution in [-0.4, -0.2) is 26.4 Å². The molecule has 10 heteroatoms. The lowest BCUT2D eigenvalue weighted by Crippen LogP contribution is -2.29. The molecule has 0 unspecified atom stereocenters. The van der Waals surface area contributed by atoms with Gasteiger partial charge in [-0.1, -0.05) is 11.6 Å². The lowest BCUT2D eigenvalue weighted by atomic mass is 10.3. The van der Waals surface area contributed by atoms with Gasteiger partial charge in [-0.25, -0.2) is 9.67 Å². The molecule has 23 heavy (non-hydrogen) atoms. The fraction of sp³-hybridized carbons (Fsp3) is 0.308. The van der Waals surface area contributed by atoms with Gasteiger partial charge in [0.15, 0.2) is 5.11 Å². The second-order valence-electron chi connectivity index (χ2n) is 4.48. The third-order valence-electron chi connectivity index (χ3n) is 2.72. The van der Waals surface area contributed by atoms with Crippen molar-refractivity contribution in [2.45, 2.75) is 20.0 Å². The van der Waals surface area contributed by atoms with Crippen LogP contribution >= 0.6 is 23.8 Å². The van der Waals surface area contributed by atoms with Crippen LogP contribution in [0.15, 0.2) is 18.3 Å². The molecule has 0 aromatic carbocycles. The number of aryl methyl sites for hydroxylation is 1.